The Balaban J connectivity index is 0.00000280. The first-order chi connectivity index (χ1) is 13.0. The Morgan fingerprint density at radius 2 is 1.71 bits per heavy atom. The molecular weight excluding hydrogens is 376 g/mol. The smallest absolute Gasteiger partial charge is 0.323 e. The number of nitrogens with two attached hydrogens (primary N) is 1. The van der Waals surface area contributed by atoms with Crippen molar-refractivity contribution in [3.8, 4) is 0 Å². The fourth-order valence-corrected chi connectivity index (χ4v) is 3.45. The van der Waals surface area contributed by atoms with Crippen LogP contribution >= 0.6 is 12.4 Å². The summed E-state index contributed by atoms with van der Waals surface area (Å²) in [5.41, 5.74) is 8.29. The molecule has 0 radical (unpaired) electrons. The van der Waals surface area contributed by atoms with Crippen molar-refractivity contribution < 1.29 is 9.59 Å². The van der Waals surface area contributed by atoms with Gasteiger partial charge in [0.1, 0.15) is 0 Å². The molecule has 7 heteroatoms. The summed E-state index contributed by atoms with van der Waals surface area (Å²) in [6.07, 6.45) is 3.98. The monoisotopic (exact) mass is 402 g/mol. The summed E-state index contributed by atoms with van der Waals surface area (Å²) in [4.78, 5) is 25.0. The third kappa shape index (κ3) is 5.24. The number of rotatable bonds is 5. The van der Waals surface area contributed by atoms with E-state index in [1.807, 2.05) is 43.3 Å². The Hall–Kier alpha value is -2.57. The van der Waals surface area contributed by atoms with Crippen molar-refractivity contribution in [1.29, 1.82) is 0 Å². The molecule has 0 spiro atoms. The molecule has 0 bridgehead atoms. The predicted molar refractivity (Wildman–Crippen MR) is 115 cm³/mol. The van der Waals surface area contributed by atoms with Gasteiger partial charge in [-0.3, -0.25) is 4.79 Å². The number of hydrogen-bond acceptors (Lipinski definition) is 3. The van der Waals surface area contributed by atoms with Crippen LogP contribution in [0.3, 0.4) is 0 Å². The third-order valence-electron chi connectivity index (χ3n) is 5.11. The van der Waals surface area contributed by atoms with Crippen LogP contribution in [0.4, 0.5) is 16.2 Å². The Labute approximate surface area is 171 Å². The van der Waals surface area contributed by atoms with E-state index in [0.717, 1.165) is 31.2 Å². The van der Waals surface area contributed by atoms with E-state index in [2.05, 4.69) is 16.0 Å². The second-order valence-corrected chi connectivity index (χ2v) is 7.12. The lowest BCUT2D eigenvalue weighted by Gasteiger charge is -2.28. The molecule has 0 aromatic heterocycles. The van der Waals surface area contributed by atoms with Gasteiger partial charge < -0.3 is 21.7 Å². The summed E-state index contributed by atoms with van der Waals surface area (Å²) in [5.74, 6) is -0.158. The number of halogens is 1. The number of benzene rings is 2. The fraction of sp³-hybridized carbons (Fsp3) is 0.333. The minimum Gasteiger partial charge on any atom is -0.345 e. The van der Waals surface area contributed by atoms with Crippen molar-refractivity contribution in [2.24, 2.45) is 5.73 Å². The van der Waals surface area contributed by atoms with E-state index in [9.17, 15) is 9.59 Å². The van der Waals surface area contributed by atoms with E-state index >= 15 is 0 Å². The summed E-state index contributed by atoms with van der Waals surface area (Å²) >= 11 is 0. The second-order valence-electron chi connectivity index (χ2n) is 7.12. The summed E-state index contributed by atoms with van der Waals surface area (Å²) < 4.78 is 0. The van der Waals surface area contributed by atoms with Crippen LogP contribution < -0.4 is 21.7 Å². The first-order valence-corrected chi connectivity index (χ1v) is 9.28. The summed E-state index contributed by atoms with van der Waals surface area (Å²) in [7, 11) is 0. The lowest BCUT2D eigenvalue weighted by atomic mass is 9.97. The molecule has 0 atom stereocenters. The van der Waals surface area contributed by atoms with Crippen molar-refractivity contribution in [3.63, 3.8) is 0 Å². The number of anilines is 2. The molecule has 1 saturated carbocycles. The molecule has 3 amide bonds. The van der Waals surface area contributed by atoms with Gasteiger partial charge in [0, 0.05) is 23.5 Å². The largest absolute Gasteiger partial charge is 0.345 e. The van der Waals surface area contributed by atoms with Gasteiger partial charge in [-0.15, -0.1) is 12.4 Å². The maximum atomic E-state index is 12.7. The van der Waals surface area contributed by atoms with E-state index in [4.69, 9.17) is 5.73 Å². The molecule has 1 fully saturated rings. The Bertz CT molecular complexity index is 820. The van der Waals surface area contributed by atoms with Gasteiger partial charge in [0.05, 0.1) is 5.54 Å². The molecule has 0 saturated heterocycles. The number of hydrogen-bond donors (Lipinski definition) is 4. The van der Waals surface area contributed by atoms with Crippen molar-refractivity contribution in [1.82, 2.24) is 5.32 Å². The summed E-state index contributed by atoms with van der Waals surface area (Å²) in [6.45, 7) is 2.33. The highest BCUT2D eigenvalue weighted by atomic mass is 35.5. The van der Waals surface area contributed by atoms with Gasteiger partial charge in [-0.1, -0.05) is 37.1 Å². The van der Waals surface area contributed by atoms with Crippen molar-refractivity contribution in [2.75, 3.05) is 17.2 Å². The third-order valence-corrected chi connectivity index (χ3v) is 5.11. The molecule has 1 aliphatic carbocycles. The normalized spacial score (nSPS) is 14.6. The fourth-order valence-electron chi connectivity index (χ4n) is 3.45. The van der Waals surface area contributed by atoms with Gasteiger partial charge in [0.15, 0.2) is 0 Å². The van der Waals surface area contributed by atoms with Crippen LogP contribution in [0.25, 0.3) is 0 Å². The second kappa shape index (κ2) is 9.57. The van der Waals surface area contributed by atoms with Crippen LogP contribution in [0.5, 0.6) is 0 Å². The van der Waals surface area contributed by atoms with Gasteiger partial charge in [0.25, 0.3) is 5.91 Å². The molecule has 6 nitrogen and oxygen atoms in total. The van der Waals surface area contributed by atoms with E-state index < -0.39 is 0 Å². The quantitative estimate of drug-likeness (QED) is 0.607. The molecule has 2 aromatic rings. The molecule has 3 rings (SSSR count). The van der Waals surface area contributed by atoms with Crippen LogP contribution in [-0.2, 0) is 0 Å². The minimum absolute atomic E-state index is 0. The first-order valence-electron chi connectivity index (χ1n) is 9.28. The van der Waals surface area contributed by atoms with Crippen LogP contribution in [0.15, 0.2) is 48.5 Å². The molecule has 0 aliphatic heterocycles. The van der Waals surface area contributed by atoms with Crippen molar-refractivity contribution in [2.45, 2.75) is 38.1 Å². The molecular formula is C21H27ClN4O2. The average Bonchev–Trinajstić information content (AvgIpc) is 3.13. The lowest BCUT2D eigenvalue weighted by Crippen LogP contribution is -2.51. The number of nitrogens with one attached hydrogen (secondary N) is 3. The highest BCUT2D eigenvalue weighted by Gasteiger charge is 2.34. The van der Waals surface area contributed by atoms with E-state index in [-0.39, 0.29) is 29.9 Å². The highest BCUT2D eigenvalue weighted by Crippen LogP contribution is 2.29. The number of carbonyl (C=O) groups is 2. The number of carbonyl (C=O) groups excluding carboxylic acids is 2. The van der Waals surface area contributed by atoms with Gasteiger partial charge in [-0.2, -0.15) is 0 Å². The predicted octanol–water partition coefficient (Wildman–Crippen LogP) is 4.06. The average molecular weight is 403 g/mol. The number of para-hydroxylation sites is 1. The van der Waals surface area contributed by atoms with Crippen molar-refractivity contribution >= 4 is 35.7 Å². The molecule has 0 heterocycles. The standard InChI is InChI=1S/C21H26N4O2.ClH/c1-15-9-10-16(19(26)25-21(14-22)11-5-6-12-21)13-18(15)24-20(27)23-17-7-3-2-4-8-17;/h2-4,7-10,13H,5-6,11-12,14,22H2,1H3,(H,25,26)(H2,23,24,27);1H. The molecule has 5 N–H and O–H groups in total. The van der Waals surface area contributed by atoms with Gasteiger partial charge in [-0.25, -0.2) is 4.79 Å². The van der Waals surface area contributed by atoms with Crippen LogP contribution in [0.1, 0.15) is 41.6 Å². The molecule has 150 valence electrons. The zero-order valence-electron chi connectivity index (χ0n) is 16.0. The van der Waals surface area contributed by atoms with E-state index in [1.54, 1.807) is 12.1 Å². The van der Waals surface area contributed by atoms with Gasteiger partial charge in [-0.05, 0) is 49.6 Å². The molecule has 28 heavy (non-hydrogen) atoms. The van der Waals surface area contributed by atoms with E-state index in [1.165, 1.54) is 0 Å². The first kappa shape index (κ1) is 21.7. The topological polar surface area (TPSA) is 96.2 Å². The lowest BCUT2D eigenvalue weighted by molar-refractivity contribution is 0.0903. The number of aryl methyl sites for hydroxylation is 1. The maximum absolute atomic E-state index is 12.7. The Kier molecular flexibility index (Phi) is 7.43. The zero-order chi connectivity index (χ0) is 19.3. The zero-order valence-corrected chi connectivity index (χ0v) is 16.8. The maximum Gasteiger partial charge on any atom is 0.323 e. The summed E-state index contributed by atoms with van der Waals surface area (Å²) in [6, 6.07) is 14.2. The molecule has 1 aliphatic rings. The molecule has 0 unspecified atom stereocenters. The Morgan fingerprint density at radius 1 is 1.04 bits per heavy atom. The van der Waals surface area contributed by atoms with Crippen molar-refractivity contribution in [3.05, 3.63) is 59.7 Å². The SMILES string of the molecule is Cc1ccc(C(=O)NC2(CN)CCCC2)cc1NC(=O)Nc1ccccc1.Cl. The van der Waals surface area contributed by atoms with Crippen LogP contribution in [0, 0.1) is 6.92 Å². The Morgan fingerprint density at radius 3 is 2.36 bits per heavy atom. The number of urea groups is 1. The van der Waals surface area contributed by atoms with Crippen LogP contribution in [0.2, 0.25) is 0 Å². The van der Waals surface area contributed by atoms with Crippen LogP contribution in [-0.4, -0.2) is 24.0 Å². The van der Waals surface area contributed by atoms with Gasteiger partial charge >= 0.3 is 6.03 Å². The highest BCUT2D eigenvalue weighted by molar-refractivity contribution is 6.02. The molecule has 2 aromatic carbocycles. The van der Waals surface area contributed by atoms with Gasteiger partial charge in [0.2, 0.25) is 0 Å². The van der Waals surface area contributed by atoms with E-state index in [0.29, 0.717) is 23.5 Å². The number of amides is 3. The summed E-state index contributed by atoms with van der Waals surface area (Å²) in [5, 5.41) is 8.70. The minimum atomic E-state index is -0.351.